The Morgan fingerprint density at radius 2 is 2.42 bits per heavy atom. The molecule has 4 nitrogen and oxygen atoms in total. The molecule has 19 heavy (non-hydrogen) atoms. The summed E-state index contributed by atoms with van der Waals surface area (Å²) in [5.41, 5.74) is 1.97. The Morgan fingerprint density at radius 3 is 3.16 bits per heavy atom. The number of nitrogens with one attached hydrogen (secondary N) is 2. The van der Waals surface area contributed by atoms with Crippen LogP contribution < -0.4 is 10.6 Å². The van der Waals surface area contributed by atoms with E-state index < -0.39 is 0 Å². The minimum Gasteiger partial charge on any atom is -0.377 e. The molecule has 0 spiro atoms. The van der Waals surface area contributed by atoms with E-state index in [1.165, 1.54) is 11.3 Å². The number of likely N-dealkylation sites (N-methyl/N-ethyl adjacent to an activating group) is 1. The second-order valence-electron chi connectivity index (χ2n) is 4.91. The molecule has 1 aromatic rings. The number of thioether (sulfide) groups is 1. The van der Waals surface area contributed by atoms with Crippen LogP contribution in [0.2, 0.25) is 0 Å². The molecule has 2 heterocycles. The summed E-state index contributed by atoms with van der Waals surface area (Å²) < 4.78 is 5.62. The number of rotatable bonds is 4. The van der Waals surface area contributed by atoms with Crippen molar-refractivity contribution in [3.8, 4) is 0 Å². The lowest BCUT2D eigenvalue weighted by atomic mass is 10.1. The Morgan fingerprint density at radius 1 is 1.53 bits per heavy atom. The molecular weight excluding hydrogens is 260 g/mol. The van der Waals surface area contributed by atoms with Gasteiger partial charge < -0.3 is 15.4 Å². The van der Waals surface area contributed by atoms with Gasteiger partial charge in [-0.3, -0.25) is 4.79 Å². The molecule has 2 aliphatic rings. The van der Waals surface area contributed by atoms with Gasteiger partial charge in [-0.1, -0.05) is 6.07 Å². The number of carbonyl (C=O) groups excluding carboxylic acids is 1. The lowest BCUT2D eigenvalue weighted by Crippen LogP contribution is -2.23. The SMILES string of the molecule is CNC1C(=O)Nc2cc(SCC3CCCO3)ccc21. The monoisotopic (exact) mass is 278 g/mol. The van der Waals surface area contributed by atoms with Crippen LogP contribution in [0.1, 0.15) is 24.4 Å². The number of hydrogen-bond donors (Lipinski definition) is 2. The quantitative estimate of drug-likeness (QED) is 0.829. The van der Waals surface area contributed by atoms with Crippen molar-refractivity contribution in [2.24, 2.45) is 0 Å². The smallest absolute Gasteiger partial charge is 0.246 e. The highest BCUT2D eigenvalue weighted by atomic mass is 32.2. The minimum atomic E-state index is -0.216. The molecule has 2 N–H and O–H groups in total. The van der Waals surface area contributed by atoms with Gasteiger partial charge >= 0.3 is 0 Å². The highest BCUT2D eigenvalue weighted by molar-refractivity contribution is 7.99. The Hall–Kier alpha value is -1.04. The van der Waals surface area contributed by atoms with Crippen molar-refractivity contribution in [2.75, 3.05) is 24.7 Å². The maximum atomic E-state index is 11.7. The molecule has 0 aliphatic carbocycles. The third kappa shape index (κ3) is 2.63. The molecule has 1 fully saturated rings. The number of anilines is 1. The summed E-state index contributed by atoms with van der Waals surface area (Å²) in [6.07, 6.45) is 2.73. The summed E-state index contributed by atoms with van der Waals surface area (Å²) in [5, 5.41) is 5.95. The number of carbonyl (C=O) groups is 1. The summed E-state index contributed by atoms with van der Waals surface area (Å²) in [6, 6.07) is 5.96. The molecule has 2 unspecified atom stereocenters. The average Bonchev–Trinajstić information content (AvgIpc) is 3.01. The van der Waals surface area contributed by atoms with Crippen LogP contribution in [-0.4, -0.2) is 31.4 Å². The Labute approximate surface area is 117 Å². The van der Waals surface area contributed by atoms with E-state index in [-0.39, 0.29) is 11.9 Å². The number of hydrogen-bond acceptors (Lipinski definition) is 4. The van der Waals surface area contributed by atoms with Gasteiger partial charge in [-0.15, -0.1) is 11.8 Å². The van der Waals surface area contributed by atoms with Crippen molar-refractivity contribution < 1.29 is 9.53 Å². The van der Waals surface area contributed by atoms with Crippen molar-refractivity contribution >= 4 is 23.4 Å². The highest BCUT2D eigenvalue weighted by Crippen LogP contribution is 2.34. The zero-order chi connectivity index (χ0) is 13.2. The van der Waals surface area contributed by atoms with Gasteiger partial charge in [0.05, 0.1) is 6.10 Å². The lowest BCUT2D eigenvalue weighted by Gasteiger charge is -2.10. The van der Waals surface area contributed by atoms with Gasteiger partial charge in [0.15, 0.2) is 0 Å². The van der Waals surface area contributed by atoms with Crippen LogP contribution in [-0.2, 0) is 9.53 Å². The van der Waals surface area contributed by atoms with Gasteiger partial charge in [0.25, 0.3) is 0 Å². The number of amides is 1. The number of fused-ring (bicyclic) bond motifs is 1. The van der Waals surface area contributed by atoms with Crippen LogP contribution in [0, 0.1) is 0 Å². The largest absolute Gasteiger partial charge is 0.377 e. The minimum absolute atomic E-state index is 0.0266. The fourth-order valence-corrected chi connectivity index (χ4v) is 3.59. The van der Waals surface area contributed by atoms with Crippen LogP contribution >= 0.6 is 11.8 Å². The summed E-state index contributed by atoms with van der Waals surface area (Å²) >= 11 is 1.80. The predicted molar refractivity (Wildman–Crippen MR) is 76.6 cm³/mol. The molecule has 2 atom stereocenters. The summed E-state index contributed by atoms with van der Waals surface area (Å²) in [5.74, 6) is 1.01. The van der Waals surface area contributed by atoms with Crippen molar-refractivity contribution in [1.82, 2.24) is 5.32 Å². The topological polar surface area (TPSA) is 50.4 Å². The molecule has 5 heteroatoms. The Balaban J connectivity index is 1.68. The van der Waals surface area contributed by atoms with Crippen molar-refractivity contribution in [3.63, 3.8) is 0 Å². The van der Waals surface area contributed by atoms with E-state index in [9.17, 15) is 4.79 Å². The van der Waals surface area contributed by atoms with Gasteiger partial charge in [0.1, 0.15) is 6.04 Å². The fourth-order valence-electron chi connectivity index (χ4n) is 2.58. The maximum Gasteiger partial charge on any atom is 0.246 e. The third-order valence-corrected chi connectivity index (χ3v) is 4.73. The van der Waals surface area contributed by atoms with E-state index in [4.69, 9.17) is 4.74 Å². The molecule has 1 saturated heterocycles. The van der Waals surface area contributed by atoms with Crippen molar-refractivity contribution in [3.05, 3.63) is 23.8 Å². The van der Waals surface area contributed by atoms with E-state index >= 15 is 0 Å². The van der Waals surface area contributed by atoms with E-state index in [0.29, 0.717) is 6.10 Å². The molecule has 102 valence electrons. The first-order valence-electron chi connectivity index (χ1n) is 6.64. The molecule has 0 radical (unpaired) electrons. The number of ether oxygens (including phenoxy) is 1. The first-order chi connectivity index (χ1) is 9.28. The first-order valence-corrected chi connectivity index (χ1v) is 7.63. The molecule has 0 bridgehead atoms. The van der Waals surface area contributed by atoms with Crippen LogP contribution in [0.3, 0.4) is 0 Å². The maximum absolute atomic E-state index is 11.7. The average molecular weight is 278 g/mol. The zero-order valence-electron chi connectivity index (χ0n) is 10.9. The third-order valence-electron chi connectivity index (χ3n) is 3.60. The molecule has 1 aromatic carbocycles. The summed E-state index contributed by atoms with van der Waals surface area (Å²) in [6.45, 7) is 0.898. The molecule has 2 aliphatic heterocycles. The van der Waals surface area contributed by atoms with Crippen LogP contribution in [0.5, 0.6) is 0 Å². The van der Waals surface area contributed by atoms with E-state index in [1.54, 1.807) is 18.8 Å². The van der Waals surface area contributed by atoms with E-state index in [0.717, 1.165) is 30.0 Å². The summed E-state index contributed by atoms with van der Waals surface area (Å²) in [7, 11) is 1.81. The summed E-state index contributed by atoms with van der Waals surface area (Å²) in [4.78, 5) is 12.9. The fraction of sp³-hybridized carbons (Fsp3) is 0.500. The standard InChI is InChI=1S/C14H18N2O2S/c1-15-13-11-5-4-10(7-12(11)16-14(13)17)19-8-9-3-2-6-18-9/h4-5,7,9,13,15H,2-3,6,8H2,1H3,(H,16,17). The second-order valence-corrected chi connectivity index (χ2v) is 6.00. The lowest BCUT2D eigenvalue weighted by molar-refractivity contribution is -0.117. The molecular formula is C14H18N2O2S. The van der Waals surface area contributed by atoms with Crippen molar-refractivity contribution in [1.29, 1.82) is 0 Å². The molecule has 3 rings (SSSR count). The van der Waals surface area contributed by atoms with Crippen molar-refractivity contribution in [2.45, 2.75) is 29.9 Å². The Bertz CT molecular complexity index is 486. The molecule has 0 aromatic heterocycles. The van der Waals surface area contributed by atoms with Gasteiger partial charge in [-0.25, -0.2) is 0 Å². The Kier molecular flexibility index (Phi) is 3.77. The van der Waals surface area contributed by atoms with E-state index in [2.05, 4.69) is 22.8 Å². The van der Waals surface area contributed by atoms with Gasteiger partial charge in [-0.05, 0) is 32.0 Å². The van der Waals surface area contributed by atoms with Gasteiger partial charge in [0.2, 0.25) is 5.91 Å². The molecule has 1 amide bonds. The van der Waals surface area contributed by atoms with Gasteiger partial charge in [0, 0.05) is 28.5 Å². The normalized spacial score (nSPS) is 25.4. The second kappa shape index (κ2) is 5.53. The zero-order valence-corrected chi connectivity index (χ0v) is 11.8. The highest BCUT2D eigenvalue weighted by Gasteiger charge is 2.29. The van der Waals surface area contributed by atoms with Gasteiger partial charge in [-0.2, -0.15) is 0 Å². The van der Waals surface area contributed by atoms with Crippen LogP contribution in [0.25, 0.3) is 0 Å². The van der Waals surface area contributed by atoms with Crippen LogP contribution in [0.4, 0.5) is 5.69 Å². The molecule has 0 saturated carbocycles. The van der Waals surface area contributed by atoms with E-state index in [1.807, 2.05) is 6.07 Å². The van der Waals surface area contributed by atoms with Crippen LogP contribution in [0.15, 0.2) is 23.1 Å². The first kappa shape index (κ1) is 13.0. The predicted octanol–water partition coefficient (Wildman–Crippen LogP) is 2.17. The number of benzene rings is 1.